The molecule has 8 nitrogen and oxygen atoms in total. The molecule has 4 aromatic rings. The van der Waals surface area contributed by atoms with E-state index in [2.05, 4.69) is 38.6 Å². The fraction of sp³-hybridized carbons (Fsp3) is 0.333. The molecule has 0 aliphatic carbocycles. The highest BCUT2D eigenvalue weighted by Gasteiger charge is 2.22. The van der Waals surface area contributed by atoms with Crippen molar-refractivity contribution >= 4 is 17.0 Å². The predicted molar refractivity (Wildman–Crippen MR) is 133 cm³/mol. The Morgan fingerprint density at radius 1 is 1.17 bits per heavy atom. The van der Waals surface area contributed by atoms with E-state index in [1.807, 2.05) is 50.5 Å². The summed E-state index contributed by atoms with van der Waals surface area (Å²) in [5.41, 5.74) is 7.08. The molecular weight excluding hydrogens is 442 g/mol. The Morgan fingerprint density at radius 2 is 2.03 bits per heavy atom. The van der Waals surface area contributed by atoms with Gasteiger partial charge in [0.25, 0.3) is 5.91 Å². The molecule has 1 aliphatic heterocycles. The van der Waals surface area contributed by atoms with Crippen LogP contribution in [0.5, 0.6) is 0 Å². The maximum atomic E-state index is 12.6. The van der Waals surface area contributed by atoms with Crippen LogP contribution in [0.15, 0.2) is 53.5 Å². The smallest absolute Gasteiger partial charge is 0.288 e. The first kappa shape index (κ1) is 23.0. The minimum absolute atomic E-state index is 0.219. The molecule has 0 saturated heterocycles. The Hall–Kier alpha value is -3.78. The van der Waals surface area contributed by atoms with Crippen molar-refractivity contribution in [1.29, 1.82) is 0 Å². The second-order valence-corrected chi connectivity index (χ2v) is 9.83. The molecule has 1 aliphatic rings. The molecule has 0 bridgehead atoms. The molecule has 3 aromatic heterocycles. The van der Waals surface area contributed by atoms with Gasteiger partial charge in [-0.15, -0.1) is 0 Å². The molecule has 8 heteroatoms. The molecule has 0 fully saturated rings. The topological polar surface area (TPSA) is 94.6 Å². The first-order valence-corrected chi connectivity index (χ1v) is 11.7. The lowest BCUT2D eigenvalue weighted by molar-refractivity contribution is 0.0919. The lowest BCUT2D eigenvalue weighted by Gasteiger charge is -2.12. The van der Waals surface area contributed by atoms with E-state index in [1.54, 1.807) is 6.33 Å². The fourth-order valence-electron chi connectivity index (χ4n) is 4.15. The van der Waals surface area contributed by atoms with E-state index in [9.17, 15) is 4.79 Å². The van der Waals surface area contributed by atoms with E-state index in [4.69, 9.17) is 9.15 Å². The second-order valence-electron chi connectivity index (χ2n) is 9.83. The number of fused-ring (bicyclic) bond motifs is 1. The molecule has 0 unspecified atom stereocenters. The quantitative estimate of drug-likeness (QED) is 0.452. The average molecular weight is 472 g/mol. The number of amides is 1. The molecule has 1 N–H and O–H groups in total. The number of carbonyl (C=O) groups excluding carboxylic acids is 1. The maximum Gasteiger partial charge on any atom is 0.288 e. The molecule has 1 amide bonds. The Kier molecular flexibility index (Phi) is 5.98. The lowest BCUT2D eigenvalue weighted by Crippen LogP contribution is -2.22. The van der Waals surface area contributed by atoms with E-state index < -0.39 is 0 Å². The molecule has 0 saturated carbocycles. The highest BCUT2D eigenvalue weighted by molar-refractivity contribution is 5.91. The van der Waals surface area contributed by atoms with Crippen molar-refractivity contribution in [3.05, 3.63) is 77.4 Å². The van der Waals surface area contributed by atoms with Crippen LogP contribution in [-0.2, 0) is 16.7 Å². The number of carbonyl (C=O) groups is 1. The standard InChI is InChI=1S/C27H29N5O3/c1-17-11-19(5-6-20(17)13-28-25(33)23-14-29-26(35-23)27(2,3)4)24-22-12-21(15-32(22)31-16-30-24)18-7-9-34-10-8-18/h5-7,11-12,14-16H,8-10,13H2,1-4H3,(H,28,33). The van der Waals surface area contributed by atoms with Crippen LogP contribution in [0.1, 0.15) is 60.3 Å². The Balaban J connectivity index is 1.34. The lowest BCUT2D eigenvalue weighted by atomic mass is 9.97. The van der Waals surface area contributed by atoms with Crippen LogP contribution in [0.4, 0.5) is 0 Å². The minimum atomic E-state index is -0.280. The van der Waals surface area contributed by atoms with E-state index in [1.165, 1.54) is 11.8 Å². The number of rotatable bonds is 5. The Bertz CT molecular complexity index is 1420. The predicted octanol–water partition coefficient (Wildman–Crippen LogP) is 4.72. The molecule has 0 spiro atoms. The third kappa shape index (κ3) is 4.74. The van der Waals surface area contributed by atoms with Crippen LogP contribution in [0.2, 0.25) is 0 Å². The second kappa shape index (κ2) is 9.11. The normalized spacial score (nSPS) is 14.2. The van der Waals surface area contributed by atoms with Crippen molar-refractivity contribution in [2.75, 3.05) is 13.2 Å². The van der Waals surface area contributed by atoms with E-state index in [0.717, 1.165) is 46.5 Å². The van der Waals surface area contributed by atoms with Crippen molar-refractivity contribution in [1.82, 2.24) is 24.9 Å². The van der Waals surface area contributed by atoms with Crippen LogP contribution < -0.4 is 5.32 Å². The van der Waals surface area contributed by atoms with Gasteiger partial charge in [-0.3, -0.25) is 4.79 Å². The molecule has 35 heavy (non-hydrogen) atoms. The van der Waals surface area contributed by atoms with Crippen molar-refractivity contribution in [2.45, 2.75) is 46.1 Å². The summed E-state index contributed by atoms with van der Waals surface area (Å²) >= 11 is 0. The monoisotopic (exact) mass is 471 g/mol. The zero-order chi connectivity index (χ0) is 24.6. The summed E-state index contributed by atoms with van der Waals surface area (Å²) in [6, 6.07) is 8.29. The van der Waals surface area contributed by atoms with Gasteiger partial charge >= 0.3 is 0 Å². The van der Waals surface area contributed by atoms with Crippen molar-refractivity contribution in [3.63, 3.8) is 0 Å². The van der Waals surface area contributed by atoms with Gasteiger partial charge in [0.15, 0.2) is 0 Å². The van der Waals surface area contributed by atoms with Crippen LogP contribution in [0, 0.1) is 6.92 Å². The van der Waals surface area contributed by atoms with Crippen molar-refractivity contribution < 1.29 is 13.9 Å². The molecule has 180 valence electrons. The van der Waals surface area contributed by atoms with Gasteiger partial charge < -0.3 is 14.5 Å². The number of aromatic nitrogens is 4. The molecule has 5 rings (SSSR count). The third-order valence-electron chi connectivity index (χ3n) is 6.17. The van der Waals surface area contributed by atoms with Gasteiger partial charge in [0.2, 0.25) is 11.7 Å². The summed E-state index contributed by atoms with van der Waals surface area (Å²) < 4.78 is 13.0. The summed E-state index contributed by atoms with van der Waals surface area (Å²) in [4.78, 5) is 21.4. The zero-order valence-electron chi connectivity index (χ0n) is 20.5. The summed E-state index contributed by atoms with van der Waals surface area (Å²) in [6.07, 6.45) is 8.13. The Morgan fingerprint density at radius 3 is 2.74 bits per heavy atom. The number of aryl methyl sites for hydroxylation is 1. The van der Waals surface area contributed by atoms with Crippen LogP contribution >= 0.6 is 0 Å². The largest absolute Gasteiger partial charge is 0.435 e. The summed E-state index contributed by atoms with van der Waals surface area (Å²) in [6.45, 7) is 9.79. The summed E-state index contributed by atoms with van der Waals surface area (Å²) in [5.74, 6) is 0.481. The minimum Gasteiger partial charge on any atom is -0.435 e. The van der Waals surface area contributed by atoms with E-state index in [-0.39, 0.29) is 17.1 Å². The van der Waals surface area contributed by atoms with Gasteiger partial charge in [-0.05, 0) is 47.7 Å². The first-order chi connectivity index (χ1) is 16.8. The van der Waals surface area contributed by atoms with Crippen LogP contribution in [0.25, 0.3) is 22.3 Å². The van der Waals surface area contributed by atoms with Gasteiger partial charge in [0.05, 0.1) is 30.6 Å². The fourth-order valence-corrected chi connectivity index (χ4v) is 4.15. The third-order valence-corrected chi connectivity index (χ3v) is 6.17. The van der Waals surface area contributed by atoms with E-state index >= 15 is 0 Å². The van der Waals surface area contributed by atoms with Crippen molar-refractivity contribution in [2.24, 2.45) is 0 Å². The molecule has 4 heterocycles. The molecule has 0 atom stereocenters. The van der Waals surface area contributed by atoms with Crippen molar-refractivity contribution in [3.8, 4) is 11.3 Å². The summed E-state index contributed by atoms with van der Waals surface area (Å²) in [7, 11) is 0. The Labute approximate surface area is 204 Å². The average Bonchev–Trinajstić information content (AvgIpc) is 3.51. The summed E-state index contributed by atoms with van der Waals surface area (Å²) in [5, 5.41) is 7.33. The highest BCUT2D eigenvalue weighted by atomic mass is 16.5. The van der Waals surface area contributed by atoms with E-state index in [0.29, 0.717) is 19.0 Å². The SMILES string of the molecule is Cc1cc(-c2ncnn3cc(C4=CCOCC4)cc23)ccc1CNC(=O)c1cnc(C(C)(C)C)o1. The highest BCUT2D eigenvalue weighted by Crippen LogP contribution is 2.29. The van der Waals surface area contributed by atoms with Gasteiger partial charge in [-0.25, -0.2) is 14.5 Å². The molecule has 0 radical (unpaired) electrons. The van der Waals surface area contributed by atoms with Gasteiger partial charge in [-0.2, -0.15) is 5.10 Å². The number of oxazole rings is 1. The number of nitrogens with zero attached hydrogens (tertiary/aromatic N) is 4. The number of ether oxygens (including phenoxy) is 1. The maximum absolute atomic E-state index is 12.6. The zero-order valence-corrected chi connectivity index (χ0v) is 20.5. The van der Waals surface area contributed by atoms with Crippen LogP contribution in [-0.4, -0.2) is 38.7 Å². The van der Waals surface area contributed by atoms with Gasteiger partial charge in [0.1, 0.15) is 6.33 Å². The molecule has 1 aromatic carbocycles. The first-order valence-electron chi connectivity index (χ1n) is 11.7. The number of nitrogens with one attached hydrogen (secondary N) is 1. The van der Waals surface area contributed by atoms with Gasteiger partial charge in [0, 0.05) is 23.7 Å². The van der Waals surface area contributed by atoms with Gasteiger partial charge in [-0.1, -0.05) is 39.0 Å². The number of hydrogen-bond acceptors (Lipinski definition) is 6. The number of benzene rings is 1. The van der Waals surface area contributed by atoms with Crippen LogP contribution in [0.3, 0.4) is 0 Å². The molecular formula is C27H29N5O3. The number of hydrogen-bond donors (Lipinski definition) is 1.